The number of benzene rings is 1. The van der Waals surface area contributed by atoms with Crippen LogP contribution >= 0.6 is 0 Å². The summed E-state index contributed by atoms with van der Waals surface area (Å²) in [6.07, 6.45) is 3.86. The van der Waals surface area contributed by atoms with Gasteiger partial charge in [-0.1, -0.05) is 18.6 Å². The summed E-state index contributed by atoms with van der Waals surface area (Å²) in [5, 5.41) is 5.73. The molecule has 1 fully saturated rings. The Labute approximate surface area is 161 Å². The van der Waals surface area contributed by atoms with Gasteiger partial charge in [0.25, 0.3) is 0 Å². The Morgan fingerprint density at radius 2 is 1.96 bits per heavy atom. The number of urea groups is 1. The molecule has 1 atom stereocenters. The summed E-state index contributed by atoms with van der Waals surface area (Å²) >= 11 is 0. The maximum atomic E-state index is 12.2. The maximum Gasteiger partial charge on any atom is 0.319 e. The van der Waals surface area contributed by atoms with Crippen molar-refractivity contribution in [1.29, 1.82) is 0 Å². The van der Waals surface area contributed by atoms with Gasteiger partial charge in [-0.3, -0.25) is 4.90 Å². The van der Waals surface area contributed by atoms with Crippen LogP contribution in [-0.4, -0.2) is 33.5 Å². The van der Waals surface area contributed by atoms with Crippen LogP contribution in [0.15, 0.2) is 30.3 Å². The van der Waals surface area contributed by atoms with Gasteiger partial charge in [-0.25, -0.2) is 14.8 Å². The molecule has 2 N–H and O–H groups in total. The fraction of sp³-hybridized carbons (Fsp3) is 0.476. The van der Waals surface area contributed by atoms with E-state index < -0.39 is 0 Å². The van der Waals surface area contributed by atoms with E-state index in [4.69, 9.17) is 0 Å². The number of carbonyl (C=O) groups is 1. The van der Waals surface area contributed by atoms with Crippen molar-refractivity contribution in [2.24, 2.45) is 0 Å². The molecule has 3 rings (SSSR count). The lowest BCUT2D eigenvalue weighted by Crippen LogP contribution is -2.36. The third-order valence-electron chi connectivity index (χ3n) is 4.95. The van der Waals surface area contributed by atoms with E-state index in [2.05, 4.69) is 38.5 Å². The zero-order valence-electron chi connectivity index (χ0n) is 16.5. The predicted molar refractivity (Wildman–Crippen MR) is 108 cm³/mol. The van der Waals surface area contributed by atoms with Crippen molar-refractivity contribution in [1.82, 2.24) is 20.2 Å². The Bertz CT molecular complexity index is 772. The summed E-state index contributed by atoms with van der Waals surface area (Å²) in [5.74, 6) is 0.621. The first-order chi connectivity index (χ1) is 13.0. The minimum atomic E-state index is -0.249. The van der Waals surface area contributed by atoms with Crippen LogP contribution in [0.25, 0.3) is 0 Å². The first kappa shape index (κ1) is 19.3. The van der Waals surface area contributed by atoms with E-state index in [0.29, 0.717) is 18.4 Å². The van der Waals surface area contributed by atoms with Crippen LogP contribution in [0.2, 0.25) is 0 Å². The van der Waals surface area contributed by atoms with Crippen LogP contribution < -0.4 is 10.6 Å². The van der Waals surface area contributed by atoms with E-state index in [0.717, 1.165) is 30.2 Å². The average molecular weight is 367 g/mol. The molecule has 0 aliphatic carbocycles. The number of nitrogens with zero attached hydrogens (tertiary/aromatic N) is 3. The second kappa shape index (κ2) is 8.95. The van der Waals surface area contributed by atoms with Crippen molar-refractivity contribution < 1.29 is 4.79 Å². The highest BCUT2D eigenvalue weighted by atomic mass is 16.2. The SMILES string of the molecule is Cc1cc(C)nc(CNC(=O)Nc2cccc(CN3CCCC[C@H]3C)c2)n1. The van der Waals surface area contributed by atoms with Gasteiger partial charge in [-0.2, -0.15) is 0 Å². The molecule has 6 nitrogen and oxygen atoms in total. The summed E-state index contributed by atoms with van der Waals surface area (Å²) < 4.78 is 0. The van der Waals surface area contributed by atoms with Gasteiger partial charge < -0.3 is 10.6 Å². The molecule has 0 spiro atoms. The Hall–Kier alpha value is -2.47. The quantitative estimate of drug-likeness (QED) is 0.843. The molecule has 2 aromatic rings. The average Bonchev–Trinajstić information content (AvgIpc) is 2.62. The molecule has 0 bridgehead atoms. The van der Waals surface area contributed by atoms with Crippen LogP contribution in [-0.2, 0) is 13.1 Å². The van der Waals surface area contributed by atoms with Crippen molar-refractivity contribution in [3.05, 3.63) is 53.1 Å². The molecule has 27 heavy (non-hydrogen) atoms. The Morgan fingerprint density at radius 1 is 1.19 bits per heavy atom. The van der Waals surface area contributed by atoms with Crippen LogP contribution in [0.5, 0.6) is 0 Å². The molecule has 0 radical (unpaired) electrons. The first-order valence-corrected chi connectivity index (χ1v) is 9.68. The van der Waals surface area contributed by atoms with E-state index in [1.165, 1.54) is 24.8 Å². The minimum Gasteiger partial charge on any atom is -0.331 e. The summed E-state index contributed by atoms with van der Waals surface area (Å²) in [4.78, 5) is 23.4. The third-order valence-corrected chi connectivity index (χ3v) is 4.95. The number of piperidine rings is 1. The molecule has 0 unspecified atom stereocenters. The summed E-state index contributed by atoms with van der Waals surface area (Å²) in [5.41, 5.74) is 3.83. The number of rotatable bonds is 5. The number of aryl methyl sites for hydroxylation is 2. The number of hydrogen-bond acceptors (Lipinski definition) is 4. The molecule has 6 heteroatoms. The number of hydrogen-bond donors (Lipinski definition) is 2. The van der Waals surface area contributed by atoms with Crippen molar-refractivity contribution in [2.75, 3.05) is 11.9 Å². The van der Waals surface area contributed by atoms with Gasteiger partial charge in [0, 0.05) is 29.7 Å². The monoisotopic (exact) mass is 367 g/mol. The number of nitrogens with one attached hydrogen (secondary N) is 2. The molecule has 144 valence electrons. The predicted octanol–water partition coefficient (Wildman–Crippen LogP) is 3.79. The van der Waals surface area contributed by atoms with Gasteiger partial charge in [-0.05, 0) is 63.9 Å². The lowest BCUT2D eigenvalue weighted by Gasteiger charge is -2.33. The molecule has 1 aliphatic heterocycles. The van der Waals surface area contributed by atoms with E-state index in [1.807, 2.05) is 38.1 Å². The van der Waals surface area contributed by atoms with Gasteiger partial charge in [0.15, 0.2) is 0 Å². The molecule has 2 amide bonds. The van der Waals surface area contributed by atoms with E-state index in [9.17, 15) is 4.79 Å². The second-order valence-electron chi connectivity index (χ2n) is 7.39. The van der Waals surface area contributed by atoms with E-state index >= 15 is 0 Å². The third kappa shape index (κ3) is 5.76. The van der Waals surface area contributed by atoms with Gasteiger partial charge in [0.05, 0.1) is 6.54 Å². The smallest absolute Gasteiger partial charge is 0.319 e. The maximum absolute atomic E-state index is 12.2. The summed E-state index contributed by atoms with van der Waals surface area (Å²) in [6.45, 7) is 8.52. The first-order valence-electron chi connectivity index (χ1n) is 9.68. The number of anilines is 1. The normalized spacial score (nSPS) is 17.5. The Balaban J connectivity index is 1.54. The number of amides is 2. The number of carbonyl (C=O) groups excluding carboxylic acids is 1. The van der Waals surface area contributed by atoms with Crippen LogP contribution in [0.3, 0.4) is 0 Å². The van der Waals surface area contributed by atoms with Gasteiger partial charge in [0.2, 0.25) is 0 Å². The van der Waals surface area contributed by atoms with Gasteiger partial charge in [-0.15, -0.1) is 0 Å². The molecule has 1 saturated heterocycles. The van der Waals surface area contributed by atoms with Crippen LogP contribution in [0.1, 0.15) is 49.0 Å². The van der Waals surface area contributed by atoms with Crippen molar-refractivity contribution in [3.63, 3.8) is 0 Å². The van der Waals surface area contributed by atoms with E-state index in [1.54, 1.807) is 0 Å². The largest absolute Gasteiger partial charge is 0.331 e. The van der Waals surface area contributed by atoms with Crippen LogP contribution in [0.4, 0.5) is 10.5 Å². The fourth-order valence-electron chi connectivity index (χ4n) is 3.59. The van der Waals surface area contributed by atoms with Crippen molar-refractivity contribution in [3.8, 4) is 0 Å². The van der Waals surface area contributed by atoms with Crippen LogP contribution in [0, 0.1) is 13.8 Å². The molecular weight excluding hydrogens is 338 g/mol. The van der Waals surface area contributed by atoms with Crippen molar-refractivity contribution >= 4 is 11.7 Å². The zero-order valence-corrected chi connectivity index (χ0v) is 16.5. The molecule has 1 aromatic heterocycles. The molecule has 1 aliphatic rings. The highest BCUT2D eigenvalue weighted by Crippen LogP contribution is 2.20. The molecular formula is C21H29N5O. The zero-order chi connectivity index (χ0) is 19.2. The standard InChI is InChI=1S/C21H29N5O/c1-15-11-16(2)24-20(23-15)13-22-21(27)25-19-9-6-8-18(12-19)14-26-10-5-4-7-17(26)3/h6,8-9,11-12,17H,4-5,7,10,13-14H2,1-3H3,(H2,22,25,27)/t17-/m1/s1. The summed E-state index contributed by atoms with van der Waals surface area (Å²) in [6, 6.07) is 10.4. The molecule has 1 aromatic carbocycles. The number of aromatic nitrogens is 2. The second-order valence-corrected chi connectivity index (χ2v) is 7.39. The molecule has 2 heterocycles. The molecule has 0 saturated carbocycles. The van der Waals surface area contributed by atoms with Gasteiger partial charge in [0.1, 0.15) is 5.82 Å². The Kier molecular flexibility index (Phi) is 6.40. The topological polar surface area (TPSA) is 70.2 Å². The highest BCUT2D eigenvalue weighted by Gasteiger charge is 2.18. The lowest BCUT2D eigenvalue weighted by atomic mass is 10.0. The summed E-state index contributed by atoms with van der Waals surface area (Å²) in [7, 11) is 0. The number of likely N-dealkylation sites (tertiary alicyclic amines) is 1. The van der Waals surface area contributed by atoms with E-state index in [-0.39, 0.29) is 6.03 Å². The fourth-order valence-corrected chi connectivity index (χ4v) is 3.59. The highest BCUT2D eigenvalue weighted by molar-refractivity contribution is 5.89. The Morgan fingerprint density at radius 3 is 2.70 bits per heavy atom. The van der Waals surface area contributed by atoms with Gasteiger partial charge >= 0.3 is 6.03 Å². The van der Waals surface area contributed by atoms with Crippen molar-refractivity contribution in [2.45, 2.75) is 59.2 Å². The minimum absolute atomic E-state index is 0.249. The lowest BCUT2D eigenvalue weighted by molar-refractivity contribution is 0.152.